The third-order valence-corrected chi connectivity index (χ3v) is 2.89. The lowest BCUT2D eigenvalue weighted by molar-refractivity contribution is 0.198. The van der Waals surface area contributed by atoms with Crippen molar-refractivity contribution < 1.29 is 5.11 Å². The summed E-state index contributed by atoms with van der Waals surface area (Å²) in [7, 11) is 0. The van der Waals surface area contributed by atoms with E-state index < -0.39 is 6.10 Å². The second-order valence-electron chi connectivity index (χ2n) is 3.95. The van der Waals surface area contributed by atoms with Crippen molar-refractivity contribution >= 4 is 17.4 Å². The van der Waals surface area contributed by atoms with Crippen molar-refractivity contribution in [2.45, 2.75) is 19.4 Å². The zero-order valence-electron chi connectivity index (χ0n) is 9.20. The molecule has 0 spiro atoms. The minimum atomic E-state index is -0.504. The Morgan fingerprint density at radius 2 is 2.38 bits per heavy atom. The molecule has 0 aliphatic carbocycles. The first-order valence-corrected chi connectivity index (χ1v) is 5.78. The number of nitrogens with one attached hydrogen (secondary N) is 1. The van der Waals surface area contributed by atoms with Gasteiger partial charge in [-0.2, -0.15) is 0 Å². The normalized spacial score (nSPS) is 16.8. The molecule has 0 fully saturated rings. The fourth-order valence-corrected chi connectivity index (χ4v) is 2.04. The van der Waals surface area contributed by atoms with E-state index in [9.17, 15) is 5.11 Å². The number of hydrogen-bond donors (Lipinski definition) is 2. The van der Waals surface area contributed by atoms with Crippen molar-refractivity contribution in [3.63, 3.8) is 0 Å². The SMILES string of the molecule is C[C@@H](O)c1cc(Cl)ccc1CC1=NCCN1. The van der Waals surface area contributed by atoms with E-state index in [2.05, 4.69) is 10.3 Å². The van der Waals surface area contributed by atoms with Gasteiger partial charge in [0, 0.05) is 18.0 Å². The zero-order chi connectivity index (χ0) is 11.5. The van der Waals surface area contributed by atoms with Crippen LogP contribution in [0.4, 0.5) is 0 Å². The second kappa shape index (κ2) is 4.85. The molecule has 2 N–H and O–H groups in total. The minimum absolute atomic E-state index is 0.504. The number of halogens is 1. The van der Waals surface area contributed by atoms with Crippen LogP contribution in [-0.4, -0.2) is 24.0 Å². The Labute approximate surface area is 100 Å². The Morgan fingerprint density at radius 1 is 1.56 bits per heavy atom. The van der Waals surface area contributed by atoms with Crippen LogP contribution in [0.3, 0.4) is 0 Å². The fourth-order valence-electron chi connectivity index (χ4n) is 1.86. The number of hydrogen-bond acceptors (Lipinski definition) is 3. The first kappa shape index (κ1) is 11.4. The summed E-state index contributed by atoms with van der Waals surface area (Å²) in [6, 6.07) is 5.61. The number of amidine groups is 1. The molecule has 1 atom stereocenters. The largest absolute Gasteiger partial charge is 0.389 e. The molecule has 1 heterocycles. The van der Waals surface area contributed by atoms with Crippen LogP contribution in [0.15, 0.2) is 23.2 Å². The maximum atomic E-state index is 9.68. The van der Waals surface area contributed by atoms with Gasteiger partial charge in [0.15, 0.2) is 0 Å². The highest BCUT2D eigenvalue weighted by Crippen LogP contribution is 2.23. The standard InChI is InChI=1S/C12H15ClN2O/c1-8(16)11-7-10(13)3-2-9(11)6-12-14-4-5-15-12/h2-3,7-8,16H,4-6H2,1H3,(H,14,15)/t8-/m1/s1. The average molecular weight is 239 g/mol. The Morgan fingerprint density at radius 3 is 3.00 bits per heavy atom. The monoisotopic (exact) mass is 238 g/mol. The summed E-state index contributed by atoms with van der Waals surface area (Å²) in [6.45, 7) is 3.50. The van der Waals surface area contributed by atoms with Crippen molar-refractivity contribution in [2.24, 2.45) is 4.99 Å². The summed E-state index contributed by atoms with van der Waals surface area (Å²) in [4.78, 5) is 4.34. The number of nitrogens with zero attached hydrogens (tertiary/aromatic N) is 1. The Kier molecular flexibility index (Phi) is 3.46. The fraction of sp³-hybridized carbons (Fsp3) is 0.417. The molecule has 0 unspecified atom stereocenters. The van der Waals surface area contributed by atoms with Gasteiger partial charge in [-0.05, 0) is 30.2 Å². The van der Waals surface area contributed by atoms with Gasteiger partial charge in [-0.3, -0.25) is 4.99 Å². The molecule has 1 aliphatic rings. The Hall–Kier alpha value is -1.06. The average Bonchev–Trinajstić information content (AvgIpc) is 2.73. The summed E-state index contributed by atoms with van der Waals surface area (Å²) in [6.07, 6.45) is 0.230. The minimum Gasteiger partial charge on any atom is -0.389 e. The third-order valence-electron chi connectivity index (χ3n) is 2.66. The van der Waals surface area contributed by atoms with Crippen LogP contribution >= 0.6 is 11.6 Å². The van der Waals surface area contributed by atoms with Crippen LogP contribution in [-0.2, 0) is 6.42 Å². The van der Waals surface area contributed by atoms with Crippen LogP contribution in [0, 0.1) is 0 Å². The lowest BCUT2D eigenvalue weighted by atomic mass is 10.0. The van der Waals surface area contributed by atoms with Crippen LogP contribution in [0.2, 0.25) is 5.02 Å². The van der Waals surface area contributed by atoms with E-state index in [4.69, 9.17) is 11.6 Å². The van der Waals surface area contributed by atoms with Gasteiger partial charge in [0.2, 0.25) is 0 Å². The highest BCUT2D eigenvalue weighted by molar-refractivity contribution is 6.30. The van der Waals surface area contributed by atoms with E-state index in [1.165, 1.54) is 0 Å². The number of aliphatic imine (C=N–C) groups is 1. The smallest absolute Gasteiger partial charge is 0.101 e. The molecule has 16 heavy (non-hydrogen) atoms. The third kappa shape index (κ3) is 2.54. The van der Waals surface area contributed by atoms with E-state index in [1.54, 1.807) is 6.92 Å². The molecule has 2 rings (SSSR count). The molecule has 1 aliphatic heterocycles. The maximum absolute atomic E-state index is 9.68. The summed E-state index contributed by atoms with van der Waals surface area (Å²) in [5, 5.41) is 13.6. The molecule has 0 saturated carbocycles. The van der Waals surface area contributed by atoms with Crippen molar-refractivity contribution in [3.8, 4) is 0 Å². The van der Waals surface area contributed by atoms with Gasteiger partial charge in [-0.1, -0.05) is 17.7 Å². The van der Waals surface area contributed by atoms with E-state index in [-0.39, 0.29) is 0 Å². The van der Waals surface area contributed by atoms with Gasteiger partial charge >= 0.3 is 0 Å². The number of rotatable bonds is 3. The van der Waals surface area contributed by atoms with Crippen molar-refractivity contribution in [1.29, 1.82) is 0 Å². The number of benzene rings is 1. The summed E-state index contributed by atoms with van der Waals surface area (Å²) >= 11 is 5.92. The zero-order valence-corrected chi connectivity index (χ0v) is 9.96. The molecule has 1 aromatic carbocycles. The predicted octanol–water partition coefficient (Wildman–Crippen LogP) is 1.94. The van der Waals surface area contributed by atoms with Gasteiger partial charge < -0.3 is 10.4 Å². The molecule has 0 radical (unpaired) electrons. The summed E-state index contributed by atoms with van der Waals surface area (Å²) in [5.41, 5.74) is 1.96. The lowest BCUT2D eigenvalue weighted by Crippen LogP contribution is -2.21. The van der Waals surface area contributed by atoms with Gasteiger partial charge in [0.25, 0.3) is 0 Å². The van der Waals surface area contributed by atoms with Crippen molar-refractivity contribution in [2.75, 3.05) is 13.1 Å². The first-order chi connectivity index (χ1) is 7.66. The number of aliphatic hydroxyl groups excluding tert-OH is 1. The molecule has 0 amide bonds. The molecule has 0 bridgehead atoms. The maximum Gasteiger partial charge on any atom is 0.101 e. The van der Waals surface area contributed by atoms with Crippen LogP contribution in [0.1, 0.15) is 24.2 Å². The van der Waals surface area contributed by atoms with E-state index in [1.807, 2.05) is 18.2 Å². The summed E-state index contributed by atoms with van der Waals surface area (Å²) < 4.78 is 0. The van der Waals surface area contributed by atoms with E-state index >= 15 is 0 Å². The molecular weight excluding hydrogens is 224 g/mol. The molecule has 3 nitrogen and oxygen atoms in total. The molecule has 86 valence electrons. The molecule has 1 aromatic rings. The van der Waals surface area contributed by atoms with Gasteiger partial charge in [0.05, 0.1) is 12.6 Å². The van der Waals surface area contributed by atoms with Gasteiger partial charge in [-0.15, -0.1) is 0 Å². The molecule has 4 heteroatoms. The molecular formula is C12H15ClN2O. The van der Waals surface area contributed by atoms with Crippen LogP contribution in [0.25, 0.3) is 0 Å². The van der Waals surface area contributed by atoms with E-state index in [0.29, 0.717) is 5.02 Å². The van der Waals surface area contributed by atoms with Crippen LogP contribution < -0.4 is 5.32 Å². The van der Waals surface area contributed by atoms with Crippen molar-refractivity contribution in [3.05, 3.63) is 34.3 Å². The second-order valence-corrected chi connectivity index (χ2v) is 4.39. The van der Waals surface area contributed by atoms with Gasteiger partial charge in [0.1, 0.15) is 5.84 Å². The lowest BCUT2D eigenvalue weighted by Gasteiger charge is -2.12. The molecule has 0 saturated heterocycles. The number of aliphatic hydroxyl groups is 1. The highest BCUT2D eigenvalue weighted by Gasteiger charge is 2.12. The summed E-state index contributed by atoms with van der Waals surface area (Å²) in [5.74, 6) is 0.990. The Balaban J connectivity index is 2.25. The first-order valence-electron chi connectivity index (χ1n) is 5.40. The van der Waals surface area contributed by atoms with Crippen LogP contribution in [0.5, 0.6) is 0 Å². The Bertz CT molecular complexity index is 415. The quantitative estimate of drug-likeness (QED) is 0.845. The van der Waals surface area contributed by atoms with E-state index in [0.717, 1.165) is 36.5 Å². The highest BCUT2D eigenvalue weighted by atomic mass is 35.5. The topological polar surface area (TPSA) is 44.6 Å². The van der Waals surface area contributed by atoms with Gasteiger partial charge in [-0.25, -0.2) is 0 Å². The van der Waals surface area contributed by atoms with Crippen molar-refractivity contribution in [1.82, 2.24) is 5.32 Å². The predicted molar refractivity (Wildman–Crippen MR) is 66.1 cm³/mol. The molecule has 0 aromatic heterocycles.